The number of phenolic OH excluding ortho intramolecular Hbond substituents is 1. The van der Waals surface area contributed by atoms with E-state index in [4.69, 9.17) is 0 Å². The molecule has 4 rings (SSSR count). The number of fused-ring (bicyclic) bond motifs is 1. The van der Waals surface area contributed by atoms with Crippen molar-refractivity contribution in [2.24, 2.45) is 5.92 Å². The predicted octanol–water partition coefficient (Wildman–Crippen LogP) is 5.17. The number of phenols is 1. The Kier molecular flexibility index (Phi) is 5.71. The maximum absolute atomic E-state index is 10.0. The van der Waals surface area contributed by atoms with Gasteiger partial charge in [-0.2, -0.15) is 0 Å². The van der Waals surface area contributed by atoms with Gasteiger partial charge in [0.15, 0.2) is 0 Å². The fourth-order valence-corrected chi connectivity index (χ4v) is 5.41. The number of hydrogen-bond acceptors (Lipinski definition) is 3. The van der Waals surface area contributed by atoms with Gasteiger partial charge in [0.1, 0.15) is 5.75 Å². The summed E-state index contributed by atoms with van der Waals surface area (Å²) in [6.07, 6.45) is 1.15. The van der Waals surface area contributed by atoms with E-state index in [1.54, 1.807) is 6.07 Å². The maximum Gasteiger partial charge on any atom is 0.115 e. The third-order valence-corrected chi connectivity index (χ3v) is 7.68. The summed E-state index contributed by atoms with van der Waals surface area (Å²) in [5, 5.41) is 10.0. The number of piperidine rings is 1. The van der Waals surface area contributed by atoms with Crippen molar-refractivity contribution < 1.29 is 5.11 Å². The number of piperazine rings is 1. The van der Waals surface area contributed by atoms with Crippen LogP contribution < -0.4 is 0 Å². The van der Waals surface area contributed by atoms with Crippen LogP contribution in [0.1, 0.15) is 57.7 Å². The van der Waals surface area contributed by atoms with Crippen LogP contribution in [0.4, 0.5) is 0 Å². The van der Waals surface area contributed by atoms with E-state index in [-0.39, 0.29) is 10.8 Å². The summed E-state index contributed by atoms with van der Waals surface area (Å²) in [6.45, 7) is 17.2. The average molecular weight is 407 g/mol. The highest BCUT2D eigenvalue weighted by Crippen LogP contribution is 2.43. The summed E-state index contributed by atoms with van der Waals surface area (Å²) in [4.78, 5) is 5.33. The molecule has 2 aromatic carbocycles. The molecule has 0 spiro atoms. The van der Waals surface area contributed by atoms with Gasteiger partial charge in [-0.25, -0.2) is 0 Å². The van der Waals surface area contributed by atoms with E-state index in [0.29, 0.717) is 17.7 Å². The monoisotopic (exact) mass is 406 g/mol. The van der Waals surface area contributed by atoms with Gasteiger partial charge in [0.2, 0.25) is 0 Å². The lowest BCUT2D eigenvalue weighted by molar-refractivity contribution is -0.00557. The molecule has 0 bridgehead atoms. The molecular formula is C27H38N2O. The van der Waals surface area contributed by atoms with Gasteiger partial charge >= 0.3 is 0 Å². The Labute approximate surface area is 182 Å². The molecule has 2 aliphatic rings. The zero-order chi connectivity index (χ0) is 21.5. The molecule has 3 heteroatoms. The van der Waals surface area contributed by atoms with Crippen molar-refractivity contribution in [1.82, 2.24) is 9.80 Å². The fourth-order valence-electron chi connectivity index (χ4n) is 5.41. The van der Waals surface area contributed by atoms with E-state index in [1.165, 1.54) is 16.7 Å². The number of hydrogen-bond donors (Lipinski definition) is 1. The minimum absolute atomic E-state index is 0.108. The topological polar surface area (TPSA) is 26.7 Å². The van der Waals surface area contributed by atoms with Gasteiger partial charge in [0.25, 0.3) is 0 Å². The number of rotatable bonds is 3. The number of nitrogens with zero attached hydrogens (tertiary/aromatic N) is 2. The molecule has 0 unspecified atom stereocenters. The van der Waals surface area contributed by atoms with Crippen molar-refractivity contribution in [3.8, 4) is 5.75 Å². The Hall–Kier alpha value is -1.84. The van der Waals surface area contributed by atoms with Crippen molar-refractivity contribution in [3.05, 3.63) is 65.2 Å². The molecule has 2 aliphatic heterocycles. The zero-order valence-electron chi connectivity index (χ0n) is 19.4. The molecular weight excluding hydrogens is 368 g/mol. The first-order valence-corrected chi connectivity index (χ1v) is 11.5. The van der Waals surface area contributed by atoms with Gasteiger partial charge in [0, 0.05) is 38.8 Å². The van der Waals surface area contributed by atoms with Crippen molar-refractivity contribution in [2.75, 3.05) is 26.2 Å². The molecule has 3 atom stereocenters. The molecule has 162 valence electrons. The molecule has 0 aliphatic carbocycles. The van der Waals surface area contributed by atoms with Crippen LogP contribution in [0, 0.1) is 5.92 Å². The van der Waals surface area contributed by atoms with Crippen LogP contribution in [0.5, 0.6) is 5.75 Å². The van der Waals surface area contributed by atoms with Crippen LogP contribution in [0.3, 0.4) is 0 Å². The van der Waals surface area contributed by atoms with E-state index in [0.717, 1.165) is 39.1 Å². The molecule has 0 saturated carbocycles. The molecule has 3 nitrogen and oxygen atoms in total. The second-order valence-electron chi connectivity index (χ2n) is 10.9. The summed E-state index contributed by atoms with van der Waals surface area (Å²) in [7, 11) is 0. The van der Waals surface area contributed by atoms with E-state index in [2.05, 4.69) is 74.8 Å². The smallest absolute Gasteiger partial charge is 0.115 e. The van der Waals surface area contributed by atoms with Gasteiger partial charge in [-0.1, -0.05) is 71.0 Å². The molecule has 30 heavy (non-hydrogen) atoms. The highest BCUT2D eigenvalue weighted by molar-refractivity contribution is 5.34. The Morgan fingerprint density at radius 3 is 2.43 bits per heavy atom. The summed E-state index contributed by atoms with van der Waals surface area (Å²) in [6, 6.07) is 17.7. The third kappa shape index (κ3) is 4.29. The van der Waals surface area contributed by atoms with Crippen LogP contribution in [0.15, 0.2) is 48.5 Å². The Balaban J connectivity index is 1.46. The second-order valence-corrected chi connectivity index (χ2v) is 10.9. The number of benzene rings is 2. The van der Waals surface area contributed by atoms with Crippen LogP contribution in [0.25, 0.3) is 0 Å². The first-order valence-electron chi connectivity index (χ1n) is 11.5. The fraction of sp³-hybridized carbons (Fsp3) is 0.556. The molecule has 0 radical (unpaired) electrons. The molecule has 0 aromatic heterocycles. The average Bonchev–Trinajstić information content (AvgIpc) is 2.69. The van der Waals surface area contributed by atoms with E-state index in [1.807, 2.05) is 12.1 Å². The quantitative estimate of drug-likeness (QED) is 0.761. The standard InChI is InChI=1S/C27H38N2O/c1-20-17-29-14-13-28(18-21-9-11-22(12-10-21)26(2,3)4)19-24(29)16-27(20,5)23-7-6-8-25(30)15-23/h6-12,15,20,24,30H,13-14,16-19H2,1-5H3/t20-,24+,27+/m0/s1. The molecule has 0 amide bonds. The number of aromatic hydroxyl groups is 1. The maximum atomic E-state index is 10.0. The first kappa shape index (κ1) is 21.4. The van der Waals surface area contributed by atoms with E-state index >= 15 is 0 Å². The molecule has 2 aromatic rings. The van der Waals surface area contributed by atoms with Crippen LogP contribution in [-0.4, -0.2) is 47.1 Å². The van der Waals surface area contributed by atoms with Crippen molar-refractivity contribution in [2.45, 2.75) is 64.5 Å². The largest absolute Gasteiger partial charge is 0.508 e. The summed E-state index contributed by atoms with van der Waals surface area (Å²) in [5.41, 5.74) is 4.41. The van der Waals surface area contributed by atoms with E-state index < -0.39 is 0 Å². The van der Waals surface area contributed by atoms with Gasteiger partial charge in [-0.15, -0.1) is 0 Å². The molecule has 2 fully saturated rings. The lowest BCUT2D eigenvalue weighted by atomic mass is 9.65. The van der Waals surface area contributed by atoms with Crippen molar-refractivity contribution >= 4 is 0 Å². The van der Waals surface area contributed by atoms with Gasteiger partial charge in [-0.3, -0.25) is 9.80 Å². The summed E-state index contributed by atoms with van der Waals surface area (Å²) >= 11 is 0. The van der Waals surface area contributed by atoms with E-state index in [9.17, 15) is 5.11 Å². The Bertz CT molecular complexity index is 869. The lowest BCUT2D eigenvalue weighted by Crippen LogP contribution is -2.60. The van der Waals surface area contributed by atoms with Crippen molar-refractivity contribution in [1.29, 1.82) is 0 Å². The molecule has 2 saturated heterocycles. The summed E-state index contributed by atoms with van der Waals surface area (Å²) < 4.78 is 0. The van der Waals surface area contributed by atoms with Crippen LogP contribution in [0.2, 0.25) is 0 Å². The minimum Gasteiger partial charge on any atom is -0.508 e. The van der Waals surface area contributed by atoms with Crippen molar-refractivity contribution in [3.63, 3.8) is 0 Å². The zero-order valence-corrected chi connectivity index (χ0v) is 19.4. The SMILES string of the molecule is C[C@H]1CN2CCN(Cc3ccc(C(C)(C)C)cc3)C[C@H]2C[C@@]1(C)c1cccc(O)c1. The normalized spacial score (nSPS) is 28.3. The van der Waals surface area contributed by atoms with Crippen LogP contribution in [-0.2, 0) is 17.4 Å². The highest BCUT2D eigenvalue weighted by Gasteiger charge is 2.44. The molecule has 2 heterocycles. The van der Waals surface area contributed by atoms with Gasteiger partial charge in [0.05, 0.1) is 0 Å². The van der Waals surface area contributed by atoms with Crippen LogP contribution >= 0.6 is 0 Å². The van der Waals surface area contributed by atoms with Gasteiger partial charge in [-0.05, 0) is 52.0 Å². The Morgan fingerprint density at radius 2 is 1.77 bits per heavy atom. The third-order valence-electron chi connectivity index (χ3n) is 7.68. The predicted molar refractivity (Wildman–Crippen MR) is 125 cm³/mol. The summed E-state index contributed by atoms with van der Waals surface area (Å²) in [5.74, 6) is 0.958. The minimum atomic E-state index is 0.108. The molecule has 1 N–H and O–H groups in total. The first-order chi connectivity index (χ1) is 14.1. The highest BCUT2D eigenvalue weighted by atomic mass is 16.3. The Morgan fingerprint density at radius 1 is 1.03 bits per heavy atom. The van der Waals surface area contributed by atoms with Gasteiger partial charge < -0.3 is 5.11 Å². The lowest BCUT2D eigenvalue weighted by Gasteiger charge is -2.53. The second kappa shape index (κ2) is 8.01.